The van der Waals surface area contributed by atoms with Gasteiger partial charge in [0.25, 0.3) is 0 Å². The molecule has 0 saturated heterocycles. The van der Waals surface area contributed by atoms with Gasteiger partial charge in [0.15, 0.2) is 5.65 Å². The van der Waals surface area contributed by atoms with Gasteiger partial charge in [0.05, 0.1) is 10.2 Å². The predicted molar refractivity (Wildman–Crippen MR) is 84.2 cm³/mol. The van der Waals surface area contributed by atoms with Crippen LogP contribution in [0.25, 0.3) is 5.65 Å². The van der Waals surface area contributed by atoms with Crippen molar-refractivity contribution in [1.29, 1.82) is 0 Å². The van der Waals surface area contributed by atoms with Gasteiger partial charge in [-0.2, -0.15) is 9.61 Å². The number of benzene rings is 1. The first-order valence-electron chi connectivity index (χ1n) is 6.14. The summed E-state index contributed by atoms with van der Waals surface area (Å²) in [6, 6.07) is 11.9. The molecule has 0 spiro atoms. The Morgan fingerprint density at radius 1 is 1.30 bits per heavy atom. The molecule has 0 unspecified atom stereocenters. The van der Waals surface area contributed by atoms with E-state index in [0.29, 0.717) is 17.3 Å². The Kier molecular flexibility index (Phi) is 3.63. The summed E-state index contributed by atoms with van der Waals surface area (Å²) in [6.07, 6.45) is 0. The average Bonchev–Trinajstić information content (AvgIpc) is 2.74. The van der Waals surface area contributed by atoms with Crippen molar-refractivity contribution in [2.45, 2.75) is 13.5 Å². The third kappa shape index (κ3) is 2.51. The minimum absolute atomic E-state index is 0.439. The van der Waals surface area contributed by atoms with E-state index in [1.165, 1.54) is 5.56 Å². The fourth-order valence-corrected chi connectivity index (χ4v) is 2.50. The first kappa shape index (κ1) is 13.4. The molecule has 0 saturated carbocycles. The van der Waals surface area contributed by atoms with E-state index in [4.69, 9.17) is 11.6 Å². The van der Waals surface area contributed by atoms with Crippen LogP contribution in [-0.2, 0) is 6.54 Å². The van der Waals surface area contributed by atoms with Crippen LogP contribution in [0.4, 0.5) is 5.82 Å². The summed E-state index contributed by atoms with van der Waals surface area (Å²) in [5, 5.41) is 8.23. The maximum atomic E-state index is 6.07. The van der Waals surface area contributed by atoms with Crippen LogP contribution in [0, 0.1) is 6.92 Å². The zero-order chi connectivity index (χ0) is 14.1. The van der Waals surface area contributed by atoms with Crippen molar-refractivity contribution in [3.05, 3.63) is 57.3 Å². The van der Waals surface area contributed by atoms with Gasteiger partial charge in [-0.25, -0.2) is 4.98 Å². The van der Waals surface area contributed by atoms with E-state index >= 15 is 0 Å². The van der Waals surface area contributed by atoms with Crippen molar-refractivity contribution >= 4 is 39.0 Å². The molecule has 1 N–H and O–H groups in total. The highest BCUT2D eigenvalue weighted by molar-refractivity contribution is 9.10. The van der Waals surface area contributed by atoms with Crippen LogP contribution in [0.5, 0.6) is 0 Å². The molecular formula is C14H12BrClN4. The van der Waals surface area contributed by atoms with Gasteiger partial charge in [0.2, 0.25) is 0 Å². The van der Waals surface area contributed by atoms with E-state index in [-0.39, 0.29) is 0 Å². The van der Waals surface area contributed by atoms with Gasteiger partial charge in [-0.3, -0.25) is 0 Å². The topological polar surface area (TPSA) is 42.2 Å². The summed E-state index contributed by atoms with van der Waals surface area (Å²) in [5.74, 6) is 0.817. The third-order valence-electron chi connectivity index (χ3n) is 2.98. The smallest absolute Gasteiger partial charge is 0.173 e. The molecule has 102 valence electrons. The second kappa shape index (κ2) is 5.42. The fourth-order valence-electron chi connectivity index (χ4n) is 1.98. The minimum atomic E-state index is 0.439. The van der Waals surface area contributed by atoms with E-state index in [1.807, 2.05) is 25.1 Å². The lowest BCUT2D eigenvalue weighted by molar-refractivity contribution is 0.907. The van der Waals surface area contributed by atoms with Gasteiger partial charge in [-0.15, -0.1) is 0 Å². The number of nitrogens with zero attached hydrogens (tertiary/aromatic N) is 3. The molecule has 0 aliphatic heterocycles. The van der Waals surface area contributed by atoms with Crippen molar-refractivity contribution in [3.63, 3.8) is 0 Å². The number of nitrogens with one attached hydrogen (secondary N) is 1. The van der Waals surface area contributed by atoms with E-state index in [1.54, 1.807) is 10.6 Å². The zero-order valence-electron chi connectivity index (χ0n) is 10.8. The van der Waals surface area contributed by atoms with Crippen LogP contribution in [0.1, 0.15) is 11.3 Å². The number of fused-ring (bicyclic) bond motifs is 1. The molecule has 3 rings (SSSR count). The Morgan fingerprint density at radius 3 is 2.80 bits per heavy atom. The third-order valence-corrected chi connectivity index (χ3v) is 4.10. The lowest BCUT2D eigenvalue weighted by atomic mass is 10.2. The molecule has 2 heterocycles. The van der Waals surface area contributed by atoms with E-state index in [9.17, 15) is 0 Å². The van der Waals surface area contributed by atoms with Gasteiger partial charge in [0.1, 0.15) is 11.0 Å². The summed E-state index contributed by atoms with van der Waals surface area (Å²) in [7, 11) is 0. The number of aryl methyl sites for hydroxylation is 1. The maximum absolute atomic E-state index is 6.07. The molecule has 6 heteroatoms. The number of hydrogen-bond acceptors (Lipinski definition) is 3. The zero-order valence-corrected chi connectivity index (χ0v) is 13.1. The Labute approximate surface area is 129 Å². The van der Waals surface area contributed by atoms with Gasteiger partial charge in [-0.1, -0.05) is 41.9 Å². The first-order chi connectivity index (χ1) is 9.65. The number of rotatable bonds is 3. The van der Waals surface area contributed by atoms with Crippen LogP contribution in [0.15, 0.2) is 40.9 Å². The van der Waals surface area contributed by atoms with Crippen molar-refractivity contribution < 1.29 is 0 Å². The molecule has 0 atom stereocenters. The molecule has 0 amide bonds. The first-order valence-corrected chi connectivity index (χ1v) is 7.31. The van der Waals surface area contributed by atoms with E-state index < -0.39 is 0 Å². The molecule has 1 aromatic carbocycles. The molecule has 0 aliphatic rings. The lowest BCUT2D eigenvalue weighted by Crippen LogP contribution is -2.06. The van der Waals surface area contributed by atoms with Crippen molar-refractivity contribution in [2.75, 3.05) is 5.32 Å². The quantitative estimate of drug-likeness (QED) is 0.723. The Balaban J connectivity index is 1.97. The van der Waals surface area contributed by atoms with Crippen LogP contribution in [0.2, 0.25) is 5.15 Å². The summed E-state index contributed by atoms with van der Waals surface area (Å²) in [4.78, 5) is 4.29. The van der Waals surface area contributed by atoms with Gasteiger partial charge < -0.3 is 5.32 Å². The molecule has 20 heavy (non-hydrogen) atoms. The molecule has 2 aromatic heterocycles. The summed E-state index contributed by atoms with van der Waals surface area (Å²) in [6.45, 7) is 2.63. The van der Waals surface area contributed by atoms with Gasteiger partial charge >= 0.3 is 0 Å². The van der Waals surface area contributed by atoms with Gasteiger partial charge in [-0.05, 0) is 28.4 Å². The Hall–Kier alpha value is -1.59. The molecule has 0 radical (unpaired) electrons. The van der Waals surface area contributed by atoms with Gasteiger partial charge in [0, 0.05) is 12.6 Å². The number of aromatic nitrogens is 3. The summed E-state index contributed by atoms with van der Waals surface area (Å²) >= 11 is 9.56. The predicted octanol–water partition coefficient (Wildman–Crippen LogP) is 4.07. The number of halogens is 2. The SMILES string of the molecule is Cc1nn2c(NCc3ccccc3)cc(Cl)nc2c1Br. The minimum Gasteiger partial charge on any atom is -0.366 e. The number of anilines is 1. The molecular weight excluding hydrogens is 340 g/mol. The highest BCUT2D eigenvalue weighted by atomic mass is 79.9. The molecule has 3 aromatic rings. The van der Waals surface area contributed by atoms with Crippen LogP contribution < -0.4 is 5.32 Å². The maximum Gasteiger partial charge on any atom is 0.173 e. The van der Waals surface area contributed by atoms with Crippen LogP contribution in [-0.4, -0.2) is 14.6 Å². The monoisotopic (exact) mass is 350 g/mol. The number of hydrogen-bond donors (Lipinski definition) is 1. The second-order valence-corrected chi connectivity index (χ2v) is 5.62. The van der Waals surface area contributed by atoms with Crippen LogP contribution >= 0.6 is 27.5 Å². The molecule has 4 nitrogen and oxygen atoms in total. The van der Waals surface area contributed by atoms with Crippen molar-refractivity contribution in [1.82, 2.24) is 14.6 Å². The van der Waals surface area contributed by atoms with E-state index in [2.05, 4.69) is 43.5 Å². The largest absolute Gasteiger partial charge is 0.366 e. The average molecular weight is 352 g/mol. The van der Waals surface area contributed by atoms with Crippen LogP contribution in [0.3, 0.4) is 0 Å². The summed E-state index contributed by atoms with van der Waals surface area (Å²) in [5.41, 5.74) is 2.78. The molecule has 0 fully saturated rings. The highest BCUT2D eigenvalue weighted by Crippen LogP contribution is 2.25. The lowest BCUT2D eigenvalue weighted by Gasteiger charge is -2.08. The molecule has 0 bridgehead atoms. The molecule has 0 aliphatic carbocycles. The Bertz CT molecular complexity index is 755. The second-order valence-electron chi connectivity index (χ2n) is 4.44. The Morgan fingerprint density at radius 2 is 2.05 bits per heavy atom. The van der Waals surface area contributed by atoms with Crippen molar-refractivity contribution in [3.8, 4) is 0 Å². The normalized spacial score (nSPS) is 10.9. The fraction of sp³-hybridized carbons (Fsp3) is 0.143. The standard InChI is InChI=1S/C14H12BrClN4/c1-9-13(15)14-18-11(16)7-12(20(14)19-9)17-8-10-5-3-2-4-6-10/h2-7,17H,8H2,1H3. The van der Waals surface area contributed by atoms with Crippen molar-refractivity contribution in [2.24, 2.45) is 0 Å². The highest BCUT2D eigenvalue weighted by Gasteiger charge is 2.12. The van der Waals surface area contributed by atoms with E-state index in [0.717, 1.165) is 16.0 Å². The summed E-state index contributed by atoms with van der Waals surface area (Å²) < 4.78 is 2.62.